The number of carbonyl (C=O) groups is 3. The SMILES string of the molecule is Cc1cn(C[C@H]2C[C@H](OCC(=O)OC(C)(C)C)CN2C(=O)OC(C)(C)C)c(=O)n(C(=O)c2ccccc2)c1=O. The van der Waals surface area contributed by atoms with E-state index >= 15 is 0 Å². The fraction of sp³-hybridized carbons (Fsp3) is 0.536. The zero-order chi connectivity index (χ0) is 29.1. The molecule has 2 aromatic rings. The Morgan fingerprint density at radius 3 is 2.15 bits per heavy atom. The number of hydrogen-bond acceptors (Lipinski definition) is 8. The molecule has 1 aromatic heterocycles. The monoisotopic (exact) mass is 543 g/mol. The number of amides is 1. The van der Waals surface area contributed by atoms with E-state index in [4.69, 9.17) is 14.2 Å². The highest BCUT2D eigenvalue weighted by atomic mass is 16.6. The Hall–Kier alpha value is -3.73. The zero-order valence-corrected chi connectivity index (χ0v) is 23.6. The number of likely N-dealkylation sites (tertiary alicyclic amines) is 1. The molecule has 2 heterocycles. The summed E-state index contributed by atoms with van der Waals surface area (Å²) in [5.74, 6) is -1.27. The molecule has 11 nitrogen and oxygen atoms in total. The smallest absolute Gasteiger partial charge is 0.410 e. The van der Waals surface area contributed by atoms with Gasteiger partial charge in [-0.05, 0) is 67.0 Å². The lowest BCUT2D eigenvalue weighted by Gasteiger charge is -2.28. The molecule has 2 atom stereocenters. The quantitative estimate of drug-likeness (QED) is 0.509. The number of aromatic nitrogens is 2. The summed E-state index contributed by atoms with van der Waals surface area (Å²) < 4.78 is 18.5. The Bertz CT molecular complexity index is 1330. The molecule has 1 aliphatic rings. The number of aryl methyl sites for hydroxylation is 1. The minimum atomic E-state index is -0.818. The van der Waals surface area contributed by atoms with Gasteiger partial charge in [0.25, 0.3) is 11.5 Å². The largest absolute Gasteiger partial charge is 0.458 e. The molecular weight excluding hydrogens is 506 g/mol. The van der Waals surface area contributed by atoms with Gasteiger partial charge < -0.3 is 19.1 Å². The first kappa shape index (κ1) is 29.8. The first-order valence-electron chi connectivity index (χ1n) is 12.8. The van der Waals surface area contributed by atoms with Gasteiger partial charge >= 0.3 is 17.8 Å². The van der Waals surface area contributed by atoms with Gasteiger partial charge in [0.2, 0.25) is 0 Å². The van der Waals surface area contributed by atoms with E-state index in [0.717, 1.165) is 0 Å². The standard InChI is InChI=1S/C28H37N3O8/c1-18-14-29(25(35)31(23(18)33)24(34)19-11-9-8-10-12-19)15-20-13-21(37-17-22(32)38-27(2,3)4)16-30(20)26(36)39-28(5,6)7/h8-12,14,20-21H,13,15-17H2,1-7H3/t20-,21+/m1/s1. The lowest BCUT2D eigenvalue weighted by molar-refractivity contribution is -0.162. The Balaban J connectivity index is 1.89. The molecule has 0 N–H and O–H groups in total. The number of rotatable bonds is 6. The fourth-order valence-corrected chi connectivity index (χ4v) is 4.25. The van der Waals surface area contributed by atoms with Gasteiger partial charge in [0, 0.05) is 23.9 Å². The maximum atomic E-state index is 13.4. The number of nitrogens with zero attached hydrogens (tertiary/aromatic N) is 3. The maximum absolute atomic E-state index is 13.4. The molecule has 0 aliphatic carbocycles. The molecule has 1 amide bonds. The van der Waals surface area contributed by atoms with E-state index in [1.165, 1.54) is 34.7 Å². The van der Waals surface area contributed by atoms with Gasteiger partial charge in [0.05, 0.1) is 18.7 Å². The number of ether oxygens (including phenoxy) is 3. The summed E-state index contributed by atoms with van der Waals surface area (Å²) in [4.78, 5) is 65.9. The van der Waals surface area contributed by atoms with Crippen LogP contribution in [0.15, 0.2) is 46.1 Å². The summed E-state index contributed by atoms with van der Waals surface area (Å²) in [6.45, 7) is 11.8. The van der Waals surface area contributed by atoms with Crippen LogP contribution in [0.1, 0.15) is 63.9 Å². The van der Waals surface area contributed by atoms with Crippen LogP contribution in [-0.2, 0) is 25.5 Å². The fourth-order valence-electron chi connectivity index (χ4n) is 4.25. The molecule has 1 saturated heterocycles. The molecule has 1 aromatic carbocycles. The van der Waals surface area contributed by atoms with Crippen LogP contribution in [0.4, 0.5) is 4.79 Å². The Morgan fingerprint density at radius 2 is 1.56 bits per heavy atom. The van der Waals surface area contributed by atoms with Gasteiger partial charge in [-0.1, -0.05) is 18.2 Å². The van der Waals surface area contributed by atoms with E-state index < -0.39 is 52.6 Å². The van der Waals surface area contributed by atoms with Crippen LogP contribution in [0.5, 0.6) is 0 Å². The summed E-state index contributed by atoms with van der Waals surface area (Å²) in [5, 5.41) is 0. The minimum absolute atomic E-state index is 0.0203. The average Bonchev–Trinajstić information content (AvgIpc) is 3.22. The minimum Gasteiger partial charge on any atom is -0.458 e. The third-order valence-corrected chi connectivity index (χ3v) is 5.82. The van der Waals surface area contributed by atoms with E-state index in [9.17, 15) is 24.0 Å². The molecular formula is C28H37N3O8. The van der Waals surface area contributed by atoms with Gasteiger partial charge in [-0.25, -0.2) is 14.4 Å². The van der Waals surface area contributed by atoms with Crippen LogP contribution in [0.25, 0.3) is 0 Å². The van der Waals surface area contributed by atoms with E-state index in [0.29, 0.717) is 11.0 Å². The molecule has 1 fully saturated rings. The second kappa shape index (κ2) is 11.6. The molecule has 212 valence electrons. The molecule has 39 heavy (non-hydrogen) atoms. The van der Waals surface area contributed by atoms with Crippen molar-refractivity contribution in [3.8, 4) is 0 Å². The van der Waals surface area contributed by atoms with Crippen LogP contribution in [0, 0.1) is 6.92 Å². The van der Waals surface area contributed by atoms with Crippen molar-refractivity contribution in [1.29, 1.82) is 0 Å². The lowest BCUT2D eigenvalue weighted by atomic mass is 10.2. The van der Waals surface area contributed by atoms with E-state index in [-0.39, 0.29) is 30.8 Å². The number of esters is 1. The van der Waals surface area contributed by atoms with Crippen molar-refractivity contribution in [1.82, 2.24) is 14.0 Å². The van der Waals surface area contributed by atoms with Crippen molar-refractivity contribution in [3.05, 3.63) is 68.5 Å². The molecule has 11 heteroatoms. The van der Waals surface area contributed by atoms with Gasteiger partial charge in [-0.15, -0.1) is 0 Å². The summed E-state index contributed by atoms with van der Waals surface area (Å²) in [6, 6.07) is 7.48. The highest BCUT2D eigenvalue weighted by Crippen LogP contribution is 2.24. The second-order valence-electron chi connectivity index (χ2n) is 11.6. The Kier molecular flexibility index (Phi) is 8.84. The number of hydrogen-bond donors (Lipinski definition) is 0. The first-order chi connectivity index (χ1) is 18.1. The summed E-state index contributed by atoms with van der Waals surface area (Å²) in [6.07, 6.45) is 0.541. The van der Waals surface area contributed by atoms with Gasteiger partial charge in [0.1, 0.15) is 17.8 Å². The lowest BCUT2D eigenvalue weighted by Crippen LogP contribution is -2.48. The molecule has 1 aliphatic heterocycles. The predicted octanol–water partition coefficient (Wildman–Crippen LogP) is 2.74. The van der Waals surface area contributed by atoms with Crippen molar-refractivity contribution in [3.63, 3.8) is 0 Å². The summed E-state index contributed by atoms with van der Waals surface area (Å²) >= 11 is 0. The number of benzene rings is 1. The van der Waals surface area contributed by atoms with Crippen molar-refractivity contribution in [2.24, 2.45) is 0 Å². The average molecular weight is 544 g/mol. The normalized spacial score (nSPS) is 17.7. The molecule has 0 radical (unpaired) electrons. The third-order valence-electron chi connectivity index (χ3n) is 5.82. The van der Waals surface area contributed by atoms with Gasteiger partial charge in [0.15, 0.2) is 0 Å². The van der Waals surface area contributed by atoms with Crippen molar-refractivity contribution in [2.75, 3.05) is 13.2 Å². The van der Waals surface area contributed by atoms with E-state index in [1.54, 1.807) is 59.7 Å². The molecule has 0 unspecified atom stereocenters. The van der Waals surface area contributed by atoms with E-state index in [1.807, 2.05) is 0 Å². The molecule has 3 rings (SSSR count). The summed E-state index contributed by atoms with van der Waals surface area (Å²) in [5.41, 5.74) is -2.57. The molecule has 0 spiro atoms. The highest BCUT2D eigenvalue weighted by molar-refractivity contribution is 5.95. The Morgan fingerprint density at radius 1 is 0.949 bits per heavy atom. The van der Waals surface area contributed by atoms with Crippen molar-refractivity contribution in [2.45, 2.75) is 84.8 Å². The van der Waals surface area contributed by atoms with Crippen molar-refractivity contribution < 1.29 is 28.6 Å². The van der Waals surface area contributed by atoms with Crippen LogP contribution in [0.3, 0.4) is 0 Å². The van der Waals surface area contributed by atoms with Crippen molar-refractivity contribution >= 4 is 18.0 Å². The predicted molar refractivity (Wildman–Crippen MR) is 143 cm³/mol. The third kappa shape index (κ3) is 7.89. The molecule has 0 bridgehead atoms. The van der Waals surface area contributed by atoms with Gasteiger partial charge in [-0.3, -0.25) is 14.2 Å². The maximum Gasteiger partial charge on any atom is 0.410 e. The summed E-state index contributed by atoms with van der Waals surface area (Å²) in [7, 11) is 0. The topological polar surface area (TPSA) is 126 Å². The number of carbonyl (C=O) groups excluding carboxylic acids is 3. The van der Waals surface area contributed by atoms with Crippen LogP contribution in [0.2, 0.25) is 0 Å². The van der Waals surface area contributed by atoms with Crippen LogP contribution < -0.4 is 11.2 Å². The second-order valence-corrected chi connectivity index (χ2v) is 11.6. The first-order valence-corrected chi connectivity index (χ1v) is 12.8. The van der Waals surface area contributed by atoms with Crippen LogP contribution in [-0.4, -0.2) is 68.5 Å². The highest BCUT2D eigenvalue weighted by Gasteiger charge is 2.39. The van der Waals surface area contributed by atoms with E-state index in [2.05, 4.69) is 0 Å². The molecule has 0 saturated carbocycles. The van der Waals surface area contributed by atoms with Gasteiger partial charge in [-0.2, -0.15) is 4.57 Å². The zero-order valence-electron chi connectivity index (χ0n) is 23.6. The Labute approximate surface area is 227 Å². The van der Waals surface area contributed by atoms with Crippen LogP contribution >= 0.6 is 0 Å².